The maximum absolute atomic E-state index is 12.0. The van der Waals surface area contributed by atoms with E-state index in [1.54, 1.807) is 0 Å². The summed E-state index contributed by atoms with van der Waals surface area (Å²) in [5.41, 5.74) is 0.153. The van der Waals surface area contributed by atoms with E-state index in [1.807, 2.05) is 7.05 Å². The Bertz CT molecular complexity index is 566. The number of amides is 1. The molecule has 3 atom stereocenters. The van der Waals surface area contributed by atoms with Crippen molar-refractivity contribution in [3.63, 3.8) is 0 Å². The Morgan fingerprint density at radius 3 is 2.54 bits per heavy atom. The maximum atomic E-state index is 12.0. The van der Waals surface area contributed by atoms with Gasteiger partial charge in [0, 0.05) is 63.3 Å². The molecule has 146 valence electrons. The van der Waals surface area contributed by atoms with Crippen LogP contribution in [0.3, 0.4) is 0 Å². The number of fused-ring (bicyclic) bond motifs is 1. The third-order valence-corrected chi connectivity index (χ3v) is 6.58. The lowest BCUT2D eigenvalue weighted by atomic mass is 9.57. The minimum Gasteiger partial charge on any atom is -0.377 e. The van der Waals surface area contributed by atoms with Gasteiger partial charge in [0.1, 0.15) is 0 Å². The van der Waals surface area contributed by atoms with Gasteiger partial charge in [0.15, 0.2) is 5.96 Å². The fraction of sp³-hybridized carbons (Fsp3) is 0.895. The summed E-state index contributed by atoms with van der Waals surface area (Å²) < 4.78 is 5.90. The van der Waals surface area contributed by atoms with Gasteiger partial charge in [0.25, 0.3) is 0 Å². The lowest BCUT2D eigenvalue weighted by Gasteiger charge is -2.55. The van der Waals surface area contributed by atoms with E-state index in [1.165, 1.54) is 0 Å². The van der Waals surface area contributed by atoms with Gasteiger partial charge in [-0.25, -0.2) is 0 Å². The van der Waals surface area contributed by atoms with Crippen LogP contribution >= 0.6 is 0 Å². The largest absolute Gasteiger partial charge is 0.377 e. The Morgan fingerprint density at radius 1 is 1.15 bits per heavy atom. The second-order valence-electron chi connectivity index (χ2n) is 8.84. The highest BCUT2D eigenvalue weighted by atomic mass is 16.5. The van der Waals surface area contributed by atoms with E-state index < -0.39 is 0 Å². The summed E-state index contributed by atoms with van der Waals surface area (Å²) in [6, 6.07) is 0.872. The molecule has 4 rings (SSSR count). The Labute approximate surface area is 156 Å². The van der Waals surface area contributed by atoms with Crippen molar-refractivity contribution in [2.75, 3.05) is 46.4 Å². The van der Waals surface area contributed by atoms with Crippen molar-refractivity contribution in [1.82, 2.24) is 20.4 Å². The third kappa shape index (κ3) is 3.43. The molecule has 4 fully saturated rings. The van der Waals surface area contributed by atoms with E-state index >= 15 is 0 Å². The number of ether oxygens (including phenoxy) is 1. The molecule has 4 aliphatic rings. The predicted molar refractivity (Wildman–Crippen MR) is 101 cm³/mol. The molecule has 2 N–H and O–H groups in total. The van der Waals surface area contributed by atoms with Crippen molar-refractivity contribution in [3.05, 3.63) is 0 Å². The van der Waals surface area contributed by atoms with Crippen LogP contribution in [0.4, 0.5) is 0 Å². The standard InChI is InChI=1S/C19H33N5O2/c1-19(2)16(14-6-11-26-17(14)19)22-18(20-3)24-9-7-23(8-10-24)12-15(25)21-13-4-5-13/h13-14,16-17H,4-12H2,1-3H3,(H,20,22)(H,21,25). The van der Waals surface area contributed by atoms with E-state index in [2.05, 4.69) is 39.3 Å². The molecule has 7 heteroatoms. The van der Waals surface area contributed by atoms with Gasteiger partial charge in [-0.3, -0.25) is 14.7 Å². The molecule has 2 aliphatic carbocycles. The monoisotopic (exact) mass is 363 g/mol. The second-order valence-corrected chi connectivity index (χ2v) is 8.84. The van der Waals surface area contributed by atoms with Gasteiger partial charge < -0.3 is 20.3 Å². The molecule has 2 saturated carbocycles. The van der Waals surface area contributed by atoms with E-state index in [9.17, 15) is 4.79 Å². The van der Waals surface area contributed by atoms with Crippen LogP contribution in [-0.2, 0) is 9.53 Å². The number of piperazine rings is 1. The molecule has 0 aromatic rings. The van der Waals surface area contributed by atoms with Gasteiger partial charge in [-0.2, -0.15) is 0 Å². The molecular weight excluding hydrogens is 330 g/mol. The normalized spacial score (nSPS) is 34.2. The van der Waals surface area contributed by atoms with E-state index in [0.29, 0.717) is 30.7 Å². The first-order chi connectivity index (χ1) is 12.5. The zero-order valence-electron chi connectivity index (χ0n) is 16.3. The lowest BCUT2D eigenvalue weighted by molar-refractivity contribution is -0.122. The number of hydrogen-bond acceptors (Lipinski definition) is 4. The van der Waals surface area contributed by atoms with Crippen LogP contribution in [0.2, 0.25) is 0 Å². The molecule has 26 heavy (non-hydrogen) atoms. The smallest absolute Gasteiger partial charge is 0.234 e. The highest BCUT2D eigenvalue weighted by Crippen LogP contribution is 2.52. The number of carbonyl (C=O) groups is 1. The van der Waals surface area contributed by atoms with Crippen molar-refractivity contribution in [3.8, 4) is 0 Å². The highest BCUT2D eigenvalue weighted by molar-refractivity contribution is 5.81. The fourth-order valence-corrected chi connectivity index (χ4v) is 4.88. The Kier molecular flexibility index (Phi) is 4.86. The fourth-order valence-electron chi connectivity index (χ4n) is 4.88. The molecule has 0 spiro atoms. The minimum absolute atomic E-state index is 0.153. The van der Waals surface area contributed by atoms with E-state index in [0.717, 1.165) is 58.0 Å². The van der Waals surface area contributed by atoms with Crippen molar-refractivity contribution in [2.24, 2.45) is 16.3 Å². The molecule has 2 saturated heterocycles. The van der Waals surface area contributed by atoms with Crippen molar-refractivity contribution in [1.29, 1.82) is 0 Å². The average Bonchev–Trinajstić information content (AvgIpc) is 3.30. The molecule has 0 radical (unpaired) electrons. The van der Waals surface area contributed by atoms with Crippen LogP contribution in [0.1, 0.15) is 33.1 Å². The van der Waals surface area contributed by atoms with Crippen molar-refractivity contribution in [2.45, 2.75) is 51.3 Å². The first-order valence-electron chi connectivity index (χ1n) is 10.1. The van der Waals surface area contributed by atoms with E-state index in [4.69, 9.17) is 4.74 Å². The molecule has 2 aliphatic heterocycles. The molecule has 1 amide bonds. The summed E-state index contributed by atoms with van der Waals surface area (Å²) in [6.45, 7) is 9.62. The number of aliphatic imine (C=N–C) groups is 1. The number of rotatable bonds is 4. The molecule has 2 heterocycles. The molecule has 0 aromatic heterocycles. The number of nitrogens with one attached hydrogen (secondary N) is 2. The Hall–Kier alpha value is -1.34. The number of carbonyl (C=O) groups excluding carboxylic acids is 1. The van der Waals surface area contributed by atoms with E-state index in [-0.39, 0.29) is 11.3 Å². The molecule has 0 bridgehead atoms. The number of hydrogen-bond donors (Lipinski definition) is 2. The minimum atomic E-state index is 0.153. The van der Waals surface area contributed by atoms with Crippen molar-refractivity contribution >= 4 is 11.9 Å². The van der Waals surface area contributed by atoms with Gasteiger partial charge >= 0.3 is 0 Å². The number of nitrogens with zero attached hydrogens (tertiary/aromatic N) is 3. The van der Waals surface area contributed by atoms with Crippen LogP contribution in [0.5, 0.6) is 0 Å². The van der Waals surface area contributed by atoms with Crippen LogP contribution in [0.15, 0.2) is 4.99 Å². The van der Waals surface area contributed by atoms with Gasteiger partial charge in [0.2, 0.25) is 5.91 Å². The van der Waals surface area contributed by atoms with Crippen LogP contribution < -0.4 is 10.6 Å². The molecule has 0 aromatic carbocycles. The first-order valence-corrected chi connectivity index (χ1v) is 10.1. The Morgan fingerprint density at radius 2 is 1.88 bits per heavy atom. The van der Waals surface area contributed by atoms with Gasteiger partial charge in [-0.15, -0.1) is 0 Å². The molecular formula is C19H33N5O2. The Balaban J connectivity index is 1.26. The summed E-state index contributed by atoms with van der Waals surface area (Å²) >= 11 is 0. The van der Waals surface area contributed by atoms with Crippen LogP contribution in [-0.4, -0.2) is 86.2 Å². The van der Waals surface area contributed by atoms with Gasteiger partial charge in [-0.1, -0.05) is 13.8 Å². The lowest BCUT2D eigenvalue weighted by Crippen LogP contribution is -2.68. The first kappa shape index (κ1) is 18.0. The zero-order valence-corrected chi connectivity index (χ0v) is 16.3. The van der Waals surface area contributed by atoms with Gasteiger partial charge in [0.05, 0.1) is 12.6 Å². The quantitative estimate of drug-likeness (QED) is 0.554. The second kappa shape index (κ2) is 7.00. The average molecular weight is 364 g/mol. The highest BCUT2D eigenvalue weighted by Gasteiger charge is 2.59. The summed E-state index contributed by atoms with van der Waals surface area (Å²) in [4.78, 5) is 21.1. The van der Waals surface area contributed by atoms with Gasteiger partial charge in [-0.05, 0) is 19.3 Å². The third-order valence-electron chi connectivity index (χ3n) is 6.58. The summed E-state index contributed by atoms with van der Waals surface area (Å²) in [7, 11) is 1.87. The topological polar surface area (TPSA) is 69.2 Å². The van der Waals surface area contributed by atoms with Crippen LogP contribution in [0, 0.1) is 11.3 Å². The molecule has 3 unspecified atom stereocenters. The SMILES string of the molecule is CN=C(NC1C2CCOC2C1(C)C)N1CCN(CC(=O)NC2CC2)CC1. The summed E-state index contributed by atoms with van der Waals surface area (Å²) in [5.74, 6) is 1.77. The van der Waals surface area contributed by atoms with Crippen molar-refractivity contribution < 1.29 is 9.53 Å². The number of guanidine groups is 1. The summed E-state index contributed by atoms with van der Waals surface area (Å²) in [5, 5.41) is 6.80. The maximum Gasteiger partial charge on any atom is 0.234 e. The zero-order chi connectivity index (χ0) is 18.3. The predicted octanol–water partition coefficient (Wildman–Crippen LogP) is 0.272. The summed E-state index contributed by atoms with van der Waals surface area (Å²) in [6.07, 6.45) is 3.82. The molecule has 7 nitrogen and oxygen atoms in total. The van der Waals surface area contributed by atoms with Crippen LogP contribution in [0.25, 0.3) is 0 Å².